The van der Waals surface area contributed by atoms with Gasteiger partial charge >= 0.3 is 0 Å². The van der Waals surface area contributed by atoms with E-state index in [9.17, 15) is 0 Å². The topological polar surface area (TPSA) is 16.4 Å². The third kappa shape index (κ3) is 5.40. The highest BCUT2D eigenvalue weighted by molar-refractivity contribution is 6.19. The number of nitrogens with zero attached hydrogens (tertiary/aromatic N) is 1. The zero-order valence-corrected chi connectivity index (χ0v) is 31.9. The highest BCUT2D eigenvalue weighted by Crippen LogP contribution is 2.51. The van der Waals surface area contributed by atoms with Gasteiger partial charge in [-0.1, -0.05) is 159 Å². The Labute approximate surface area is 332 Å². The molecule has 0 bridgehead atoms. The minimum Gasteiger partial charge on any atom is -0.455 e. The van der Waals surface area contributed by atoms with E-state index in [0.717, 1.165) is 55.5 Å². The quantitative estimate of drug-likeness (QED) is 0.169. The molecule has 0 atom stereocenters. The molecule has 2 nitrogen and oxygen atoms in total. The van der Waals surface area contributed by atoms with Crippen molar-refractivity contribution >= 4 is 49.8 Å². The van der Waals surface area contributed by atoms with Gasteiger partial charge in [0.2, 0.25) is 0 Å². The summed E-state index contributed by atoms with van der Waals surface area (Å²) in [6.45, 7) is 4.69. The van der Waals surface area contributed by atoms with Gasteiger partial charge in [0.05, 0.1) is 0 Å². The van der Waals surface area contributed by atoms with Crippen LogP contribution in [0.4, 0.5) is 17.1 Å². The van der Waals surface area contributed by atoms with Crippen molar-refractivity contribution in [2.75, 3.05) is 4.90 Å². The largest absolute Gasteiger partial charge is 0.455 e. The van der Waals surface area contributed by atoms with Gasteiger partial charge in [-0.15, -0.1) is 0 Å². The second-order valence-electron chi connectivity index (χ2n) is 15.7. The average molecular weight is 730 g/mol. The van der Waals surface area contributed by atoms with Crippen molar-refractivity contribution in [3.63, 3.8) is 0 Å². The lowest BCUT2D eigenvalue weighted by molar-refractivity contribution is 0.660. The molecule has 0 aliphatic heterocycles. The molecule has 0 amide bonds. The predicted octanol–water partition coefficient (Wildman–Crippen LogP) is 15.5. The van der Waals surface area contributed by atoms with Gasteiger partial charge in [0, 0.05) is 38.6 Å². The van der Waals surface area contributed by atoms with E-state index in [2.05, 4.69) is 219 Å². The summed E-state index contributed by atoms with van der Waals surface area (Å²) in [5.41, 5.74) is 17.6. The summed E-state index contributed by atoms with van der Waals surface area (Å²) >= 11 is 0. The summed E-state index contributed by atoms with van der Waals surface area (Å²) in [6, 6.07) is 72.5. The molecule has 1 aliphatic carbocycles. The monoisotopic (exact) mass is 729 g/mol. The van der Waals surface area contributed by atoms with Crippen molar-refractivity contribution in [1.29, 1.82) is 0 Å². The molecule has 2 heteroatoms. The summed E-state index contributed by atoms with van der Waals surface area (Å²) in [5, 5.41) is 4.58. The first-order chi connectivity index (χ1) is 28.0. The number of fused-ring (bicyclic) bond motifs is 8. The van der Waals surface area contributed by atoms with Gasteiger partial charge in [-0.25, -0.2) is 0 Å². The molecule has 0 spiro atoms. The van der Waals surface area contributed by atoms with Crippen molar-refractivity contribution in [3.05, 3.63) is 211 Å². The fourth-order valence-electron chi connectivity index (χ4n) is 9.15. The highest BCUT2D eigenvalue weighted by atomic mass is 16.3. The van der Waals surface area contributed by atoms with Crippen LogP contribution in [0, 0.1) is 0 Å². The zero-order chi connectivity index (χ0) is 38.1. The van der Waals surface area contributed by atoms with Crippen molar-refractivity contribution < 1.29 is 4.42 Å². The molecule has 1 heterocycles. The second-order valence-corrected chi connectivity index (χ2v) is 15.7. The minimum atomic E-state index is -0.0985. The number of hydrogen-bond acceptors (Lipinski definition) is 2. The van der Waals surface area contributed by atoms with Crippen LogP contribution in [0.5, 0.6) is 0 Å². The Morgan fingerprint density at radius 2 is 0.895 bits per heavy atom. The smallest absolute Gasteiger partial charge is 0.143 e. The fraction of sp³-hybridized carbons (Fsp3) is 0.0545. The third-order valence-electron chi connectivity index (χ3n) is 12.1. The third-order valence-corrected chi connectivity index (χ3v) is 12.1. The van der Waals surface area contributed by atoms with Gasteiger partial charge in [-0.05, 0) is 116 Å². The highest BCUT2D eigenvalue weighted by Gasteiger charge is 2.35. The molecule has 0 unspecified atom stereocenters. The molecule has 270 valence electrons. The molecule has 11 rings (SSSR count). The minimum absolute atomic E-state index is 0.0985. The molecule has 0 saturated heterocycles. The van der Waals surface area contributed by atoms with E-state index < -0.39 is 0 Å². The lowest BCUT2D eigenvalue weighted by Gasteiger charge is -2.28. The average Bonchev–Trinajstić information content (AvgIpc) is 3.76. The first-order valence-corrected chi connectivity index (χ1v) is 19.8. The van der Waals surface area contributed by atoms with Crippen LogP contribution in [0.2, 0.25) is 0 Å². The van der Waals surface area contributed by atoms with Gasteiger partial charge < -0.3 is 9.32 Å². The SMILES string of the molecule is CC1(C)c2ccccc2-c2ccc(N(c3ccc(-c4ccccc4)cc3)c3ccc(-c4ccc5oc6c7ccccc7c(-c7ccccc7)cc6c5c4)cc3)cc21. The van der Waals surface area contributed by atoms with Crippen LogP contribution >= 0.6 is 0 Å². The number of hydrogen-bond donors (Lipinski definition) is 0. The first kappa shape index (κ1) is 33.2. The Morgan fingerprint density at radius 1 is 0.351 bits per heavy atom. The van der Waals surface area contributed by atoms with Crippen LogP contribution in [0.3, 0.4) is 0 Å². The number of anilines is 3. The summed E-state index contributed by atoms with van der Waals surface area (Å²) < 4.78 is 6.59. The summed E-state index contributed by atoms with van der Waals surface area (Å²) in [7, 11) is 0. The van der Waals surface area contributed by atoms with Crippen LogP contribution in [-0.4, -0.2) is 0 Å². The summed E-state index contributed by atoms with van der Waals surface area (Å²) in [5.74, 6) is 0. The molecular formula is C55H39NO. The Bertz CT molecular complexity index is 3120. The lowest BCUT2D eigenvalue weighted by Crippen LogP contribution is -2.16. The molecule has 9 aromatic carbocycles. The van der Waals surface area contributed by atoms with Crippen molar-refractivity contribution in [3.8, 4) is 44.5 Å². The van der Waals surface area contributed by atoms with Crippen LogP contribution in [0.15, 0.2) is 205 Å². The maximum atomic E-state index is 6.59. The van der Waals surface area contributed by atoms with E-state index >= 15 is 0 Å². The van der Waals surface area contributed by atoms with Gasteiger partial charge in [0.1, 0.15) is 11.2 Å². The van der Waals surface area contributed by atoms with Crippen LogP contribution in [0.1, 0.15) is 25.0 Å². The van der Waals surface area contributed by atoms with Crippen LogP contribution < -0.4 is 4.90 Å². The number of furan rings is 1. The number of rotatable bonds is 6. The van der Waals surface area contributed by atoms with Gasteiger partial charge in [0.25, 0.3) is 0 Å². The molecule has 57 heavy (non-hydrogen) atoms. The Hall–Kier alpha value is -7.16. The molecule has 0 fully saturated rings. The molecule has 0 radical (unpaired) electrons. The number of benzene rings is 9. The van der Waals surface area contributed by atoms with Gasteiger partial charge in [-0.2, -0.15) is 0 Å². The van der Waals surface area contributed by atoms with Crippen LogP contribution in [-0.2, 0) is 5.41 Å². The molecule has 1 aliphatic rings. The Kier molecular flexibility index (Phi) is 7.55. The van der Waals surface area contributed by atoms with E-state index in [1.54, 1.807) is 0 Å². The maximum Gasteiger partial charge on any atom is 0.143 e. The predicted molar refractivity (Wildman–Crippen MR) is 240 cm³/mol. The maximum absolute atomic E-state index is 6.59. The van der Waals surface area contributed by atoms with Gasteiger partial charge in [-0.3, -0.25) is 0 Å². The van der Waals surface area contributed by atoms with E-state index in [1.807, 2.05) is 0 Å². The Balaban J connectivity index is 1.01. The van der Waals surface area contributed by atoms with Crippen molar-refractivity contribution in [2.45, 2.75) is 19.3 Å². The molecule has 10 aromatic rings. The van der Waals surface area contributed by atoms with Gasteiger partial charge in [0.15, 0.2) is 0 Å². The van der Waals surface area contributed by atoms with E-state index in [1.165, 1.54) is 49.9 Å². The summed E-state index contributed by atoms with van der Waals surface area (Å²) in [6.07, 6.45) is 0. The molecule has 0 N–H and O–H groups in total. The molecule has 0 saturated carbocycles. The zero-order valence-electron chi connectivity index (χ0n) is 31.9. The van der Waals surface area contributed by atoms with E-state index in [-0.39, 0.29) is 5.41 Å². The fourth-order valence-corrected chi connectivity index (χ4v) is 9.15. The lowest BCUT2D eigenvalue weighted by atomic mass is 9.82. The molecule has 1 aromatic heterocycles. The summed E-state index contributed by atoms with van der Waals surface area (Å²) in [4.78, 5) is 2.39. The van der Waals surface area contributed by atoms with E-state index in [0.29, 0.717) is 0 Å². The van der Waals surface area contributed by atoms with E-state index in [4.69, 9.17) is 4.42 Å². The normalized spacial score (nSPS) is 12.9. The van der Waals surface area contributed by atoms with Crippen molar-refractivity contribution in [2.24, 2.45) is 0 Å². The standard InChI is InChI=1S/C55H39NO/c1-55(2)51-20-12-11-18-45(51)46-31-30-43(34-52(46)55)56(41-26-21-37(22-27-41)36-13-5-3-6-14-36)42-28-23-38(24-29-42)40-25-32-53-49(33-40)50-35-48(39-15-7-4-8-16-39)44-17-9-10-19-47(44)54(50)57-53/h3-35H,1-2H3. The first-order valence-electron chi connectivity index (χ1n) is 19.8. The second kappa shape index (κ2) is 13.0. The molecular weight excluding hydrogens is 691 g/mol. The Morgan fingerprint density at radius 3 is 1.61 bits per heavy atom. The van der Waals surface area contributed by atoms with Crippen molar-refractivity contribution in [1.82, 2.24) is 0 Å². The van der Waals surface area contributed by atoms with Crippen LogP contribution in [0.25, 0.3) is 77.2 Å².